The average Bonchev–Trinajstić information content (AvgIpc) is 2.80. The molecule has 4 unspecified atom stereocenters. The number of carbonyl (C=O) groups excluding carboxylic acids is 1. The van der Waals surface area contributed by atoms with Crippen molar-refractivity contribution in [2.45, 2.75) is 65.0 Å². The topological polar surface area (TPSA) is 74.0 Å². The highest BCUT2D eigenvalue weighted by Crippen LogP contribution is 2.44. The molecule has 2 heterocycles. The van der Waals surface area contributed by atoms with Crippen LogP contribution in [-0.4, -0.2) is 50.3 Å². The summed E-state index contributed by atoms with van der Waals surface area (Å²) in [5, 5.41) is 0. The number of piperidine rings is 1. The van der Waals surface area contributed by atoms with Gasteiger partial charge in [-0.2, -0.15) is 0 Å². The molecule has 0 spiro atoms. The molecule has 2 aliphatic heterocycles. The van der Waals surface area contributed by atoms with E-state index in [1.807, 2.05) is 17.0 Å². The number of nitrogens with zero attached hydrogens (tertiary/aromatic N) is 1. The zero-order valence-electron chi connectivity index (χ0n) is 25.5. The van der Waals surface area contributed by atoms with Crippen molar-refractivity contribution in [3.63, 3.8) is 0 Å². The highest BCUT2D eigenvalue weighted by molar-refractivity contribution is 5.76. The van der Waals surface area contributed by atoms with E-state index in [0.29, 0.717) is 24.5 Å². The molecule has 2 N–H and O–H groups in total. The Morgan fingerprint density at radius 1 is 1.37 bits per heavy atom. The van der Waals surface area contributed by atoms with Crippen molar-refractivity contribution in [1.82, 2.24) is 4.90 Å². The van der Waals surface area contributed by atoms with Gasteiger partial charge in [0.25, 0.3) is 0 Å². The molecule has 1 fully saturated rings. The summed E-state index contributed by atoms with van der Waals surface area (Å²) < 4.78 is 75.7. The Kier molecular flexibility index (Phi) is 4.81. The summed E-state index contributed by atoms with van der Waals surface area (Å²) in [4.78, 5) is 14.9. The molecule has 1 aromatic rings. The second-order valence-corrected chi connectivity index (χ2v) is 8.35. The zero-order valence-corrected chi connectivity index (χ0v) is 18.5. The lowest BCUT2D eigenvalue weighted by molar-refractivity contribution is -0.160. The predicted molar refractivity (Wildman–Crippen MR) is 118 cm³/mol. The maximum Gasteiger partial charge on any atom is 0.323 e. The van der Waals surface area contributed by atoms with Crippen molar-refractivity contribution < 1.29 is 28.6 Å². The lowest BCUT2D eigenvalue weighted by atomic mass is 9.79. The van der Waals surface area contributed by atoms with Gasteiger partial charge in [-0.1, -0.05) is 27.6 Å². The van der Waals surface area contributed by atoms with Crippen LogP contribution < -0.4 is 15.2 Å². The molecule has 0 aliphatic carbocycles. The van der Waals surface area contributed by atoms with Crippen molar-refractivity contribution in [1.29, 1.82) is 0 Å². The Bertz CT molecular complexity index is 1020. The number of benzene rings is 1. The van der Waals surface area contributed by atoms with E-state index in [1.54, 1.807) is 21.0 Å². The summed E-state index contributed by atoms with van der Waals surface area (Å²) in [6, 6.07) is 2.22. The van der Waals surface area contributed by atoms with Gasteiger partial charge in [0.05, 0.1) is 15.6 Å². The van der Waals surface area contributed by atoms with Crippen LogP contribution in [-0.2, 0) is 16.0 Å². The van der Waals surface area contributed by atoms with Crippen molar-refractivity contribution in [2.24, 2.45) is 23.5 Å². The smallest absolute Gasteiger partial charge is 0.323 e. The number of hydrogen-bond donors (Lipinski definition) is 1. The first-order valence-electron chi connectivity index (χ1n) is 13.9. The molecule has 0 radical (unpaired) electrons. The molecular formula is C24H38N2O4. The van der Waals surface area contributed by atoms with Crippen LogP contribution >= 0.6 is 0 Å². The van der Waals surface area contributed by atoms with Gasteiger partial charge in [0.15, 0.2) is 11.5 Å². The standard InChI is InChI=1S/C24H38N2O4/c1-14(2)9-17-13-26-8-7-16-10-21(28-5)22(29-6)11-18(16)19(26)12-20(17)30-24(27)23(25)15(3)4/h10-11,14-15,17,19-20,23H,7-9,12-13,25H2,1-6H3/t17?,19?,20?,23-/m0/s1/i1D3,9D2,14D,20D/t14?,17?,19?,20?,23-. The minimum absolute atomic E-state index is 0.0797. The number of nitrogens with two attached hydrogens (primary N) is 1. The number of methoxy groups -OCH3 is 2. The molecular weight excluding hydrogens is 380 g/mol. The molecule has 6 heteroatoms. The van der Waals surface area contributed by atoms with Crippen molar-refractivity contribution >= 4 is 5.97 Å². The van der Waals surface area contributed by atoms with Gasteiger partial charge in [-0.3, -0.25) is 9.69 Å². The largest absolute Gasteiger partial charge is 0.493 e. The van der Waals surface area contributed by atoms with E-state index in [4.69, 9.17) is 28.2 Å². The van der Waals surface area contributed by atoms with E-state index in [9.17, 15) is 6.17 Å². The lowest BCUT2D eigenvalue weighted by Gasteiger charge is -2.47. The molecule has 3 rings (SSSR count). The van der Waals surface area contributed by atoms with Gasteiger partial charge in [-0.15, -0.1) is 0 Å². The van der Waals surface area contributed by atoms with E-state index in [0.717, 1.165) is 18.1 Å². The Labute approximate surface area is 190 Å². The van der Waals surface area contributed by atoms with Gasteiger partial charge in [-0.25, -0.2) is 0 Å². The number of esters is 1. The monoisotopic (exact) mass is 425 g/mol. The van der Waals surface area contributed by atoms with Gasteiger partial charge in [0, 0.05) is 39.7 Å². The van der Waals surface area contributed by atoms with Gasteiger partial charge in [-0.05, 0) is 47.9 Å². The third-order valence-electron chi connectivity index (χ3n) is 5.93. The molecule has 5 atom stereocenters. The first kappa shape index (κ1) is 15.1. The van der Waals surface area contributed by atoms with Crippen LogP contribution in [0.5, 0.6) is 11.5 Å². The van der Waals surface area contributed by atoms with Gasteiger partial charge in [0.2, 0.25) is 0 Å². The van der Waals surface area contributed by atoms with Gasteiger partial charge in [0.1, 0.15) is 12.1 Å². The summed E-state index contributed by atoms with van der Waals surface area (Å²) in [5.74, 6) is -4.08. The van der Waals surface area contributed by atoms with Gasteiger partial charge < -0.3 is 19.9 Å². The van der Waals surface area contributed by atoms with Crippen LogP contribution in [0.1, 0.15) is 67.2 Å². The van der Waals surface area contributed by atoms with Crippen LogP contribution in [0.3, 0.4) is 0 Å². The molecule has 0 bridgehead atoms. The molecule has 30 heavy (non-hydrogen) atoms. The SMILES string of the molecule is [2H]C1(OC(=O)[C@@H](N)C(C)C)CC2c3cc(OC)c(OC)cc3CCN2CC1C([2H])([2H])C([2H])(C)C([2H])([2H])[2H]. The number of rotatable bonds is 7. The van der Waals surface area contributed by atoms with Crippen molar-refractivity contribution in [3.05, 3.63) is 23.3 Å². The van der Waals surface area contributed by atoms with E-state index in [2.05, 4.69) is 0 Å². The summed E-state index contributed by atoms with van der Waals surface area (Å²) in [5.41, 5.74) is 7.82. The first-order valence-corrected chi connectivity index (χ1v) is 10.4. The van der Waals surface area contributed by atoms with Gasteiger partial charge >= 0.3 is 5.97 Å². The normalized spacial score (nSPS) is 33.6. The fourth-order valence-electron chi connectivity index (χ4n) is 4.18. The zero-order chi connectivity index (χ0) is 28.1. The fraction of sp³-hybridized carbons (Fsp3) is 0.708. The molecule has 168 valence electrons. The molecule has 1 saturated heterocycles. The Morgan fingerprint density at radius 3 is 2.70 bits per heavy atom. The molecule has 0 saturated carbocycles. The fourth-order valence-corrected chi connectivity index (χ4v) is 4.18. The second-order valence-electron chi connectivity index (χ2n) is 8.35. The van der Waals surface area contributed by atoms with Crippen molar-refractivity contribution in [3.8, 4) is 11.5 Å². The van der Waals surface area contributed by atoms with E-state index in [1.165, 1.54) is 7.11 Å². The Morgan fingerprint density at radius 2 is 2.07 bits per heavy atom. The molecule has 0 amide bonds. The van der Waals surface area contributed by atoms with Crippen LogP contribution in [0.15, 0.2) is 12.1 Å². The molecule has 2 aliphatic rings. The minimum atomic E-state index is -2.98. The summed E-state index contributed by atoms with van der Waals surface area (Å²) in [6.45, 7) is 1.92. The Balaban J connectivity index is 2.11. The van der Waals surface area contributed by atoms with Crippen LogP contribution in [0, 0.1) is 17.7 Å². The predicted octanol–water partition coefficient (Wildman–Crippen LogP) is 3.56. The Hall–Kier alpha value is -1.79. The number of fused-ring (bicyclic) bond motifs is 3. The molecule has 0 aromatic heterocycles. The number of hydrogen-bond acceptors (Lipinski definition) is 6. The first-order chi connectivity index (χ1) is 16.9. The molecule has 1 aromatic carbocycles. The average molecular weight is 426 g/mol. The van der Waals surface area contributed by atoms with E-state index >= 15 is 0 Å². The summed E-state index contributed by atoms with van der Waals surface area (Å²) in [6.07, 6.45) is -4.41. The summed E-state index contributed by atoms with van der Waals surface area (Å²) >= 11 is 0. The highest BCUT2D eigenvalue weighted by Gasteiger charge is 2.41. The van der Waals surface area contributed by atoms with Crippen molar-refractivity contribution in [2.75, 3.05) is 27.3 Å². The van der Waals surface area contributed by atoms with E-state index in [-0.39, 0.29) is 18.9 Å². The minimum Gasteiger partial charge on any atom is -0.493 e. The van der Waals surface area contributed by atoms with Crippen LogP contribution in [0.25, 0.3) is 0 Å². The third-order valence-corrected chi connectivity index (χ3v) is 5.93. The number of carbonyl (C=O) groups is 1. The second kappa shape index (κ2) is 9.56. The maximum atomic E-state index is 13.0. The number of ether oxygens (including phenoxy) is 3. The third kappa shape index (κ3) is 4.75. The highest BCUT2D eigenvalue weighted by atomic mass is 16.5. The van der Waals surface area contributed by atoms with Crippen LogP contribution in [0.4, 0.5) is 0 Å². The molecule has 6 nitrogen and oxygen atoms in total. The van der Waals surface area contributed by atoms with Crippen LogP contribution in [0.2, 0.25) is 0 Å². The maximum absolute atomic E-state index is 13.0. The summed E-state index contributed by atoms with van der Waals surface area (Å²) in [7, 11) is 3.06. The lowest BCUT2D eigenvalue weighted by Crippen LogP contribution is -2.51. The quantitative estimate of drug-likeness (QED) is 0.673. The van der Waals surface area contributed by atoms with E-state index < -0.39 is 49.2 Å².